The molecular formula is C8H5F3N2O4. The monoisotopic (exact) mass is 250 g/mol. The minimum Gasteiger partial charge on any atom is -0.481 e. The van der Waals surface area contributed by atoms with Crippen molar-refractivity contribution in [3.05, 3.63) is 33.4 Å². The quantitative estimate of drug-likeness (QED) is 0.648. The molecule has 92 valence electrons. The van der Waals surface area contributed by atoms with E-state index in [-0.39, 0.29) is 6.07 Å². The van der Waals surface area contributed by atoms with Crippen LogP contribution in [0.15, 0.2) is 6.07 Å². The van der Waals surface area contributed by atoms with Gasteiger partial charge in [0, 0.05) is 6.07 Å². The Kier molecular flexibility index (Phi) is 3.61. The summed E-state index contributed by atoms with van der Waals surface area (Å²) in [6.45, 7) is 0. The largest absolute Gasteiger partial charge is 0.481 e. The molecule has 0 aliphatic carbocycles. The van der Waals surface area contributed by atoms with Crippen LogP contribution in [0.3, 0.4) is 0 Å². The third kappa shape index (κ3) is 2.89. The van der Waals surface area contributed by atoms with E-state index >= 15 is 0 Å². The summed E-state index contributed by atoms with van der Waals surface area (Å²) in [6.07, 6.45) is -4.16. The number of alkyl halides is 2. The van der Waals surface area contributed by atoms with E-state index in [1.54, 1.807) is 0 Å². The highest BCUT2D eigenvalue weighted by Crippen LogP contribution is 2.26. The molecule has 0 spiro atoms. The lowest BCUT2D eigenvalue weighted by Crippen LogP contribution is -2.09. The van der Waals surface area contributed by atoms with Gasteiger partial charge in [-0.3, -0.25) is 14.9 Å². The molecule has 0 saturated heterocycles. The van der Waals surface area contributed by atoms with Gasteiger partial charge in [0.25, 0.3) is 6.43 Å². The molecule has 0 aliphatic heterocycles. The molecule has 6 nitrogen and oxygen atoms in total. The molecule has 0 amide bonds. The molecule has 0 atom stereocenters. The van der Waals surface area contributed by atoms with E-state index in [9.17, 15) is 28.1 Å². The fourth-order valence-corrected chi connectivity index (χ4v) is 1.09. The molecule has 1 aromatic heterocycles. The van der Waals surface area contributed by atoms with Gasteiger partial charge < -0.3 is 5.11 Å². The Morgan fingerprint density at radius 3 is 2.59 bits per heavy atom. The predicted octanol–water partition coefficient (Wildman–Crippen LogP) is 1.69. The molecule has 1 N–H and O–H groups in total. The van der Waals surface area contributed by atoms with Gasteiger partial charge in [-0.1, -0.05) is 0 Å². The highest BCUT2D eigenvalue weighted by atomic mass is 19.3. The number of carboxylic acids is 1. The summed E-state index contributed by atoms with van der Waals surface area (Å²) in [5.41, 5.74) is -3.14. The summed E-state index contributed by atoms with van der Waals surface area (Å²) in [7, 11) is 0. The Balaban J connectivity index is 3.37. The van der Waals surface area contributed by atoms with Crippen molar-refractivity contribution < 1.29 is 28.0 Å². The zero-order chi connectivity index (χ0) is 13.2. The molecule has 0 fully saturated rings. The number of aromatic nitrogens is 1. The maximum absolute atomic E-state index is 13.3. The second-order valence-electron chi connectivity index (χ2n) is 2.96. The standard InChI is InChI=1S/C8H5F3N2O4/c9-7-3(2-6(14)15)12-4(8(10)11)1-5(7)13(16)17/h1,8H,2H2,(H,14,15). The van der Waals surface area contributed by atoms with Crippen molar-refractivity contribution in [1.82, 2.24) is 4.98 Å². The molecule has 0 bridgehead atoms. The zero-order valence-electron chi connectivity index (χ0n) is 8.06. The van der Waals surface area contributed by atoms with E-state index in [2.05, 4.69) is 4.98 Å². The summed E-state index contributed by atoms with van der Waals surface area (Å²) < 4.78 is 37.9. The van der Waals surface area contributed by atoms with Gasteiger partial charge in [0.2, 0.25) is 5.82 Å². The zero-order valence-corrected chi connectivity index (χ0v) is 8.06. The minimum atomic E-state index is -3.15. The minimum absolute atomic E-state index is 0.283. The number of pyridine rings is 1. The van der Waals surface area contributed by atoms with Crippen molar-refractivity contribution in [2.45, 2.75) is 12.8 Å². The predicted molar refractivity (Wildman–Crippen MR) is 47.1 cm³/mol. The molecule has 1 aromatic rings. The molecule has 0 aromatic carbocycles. The summed E-state index contributed by atoms with van der Waals surface area (Å²) in [4.78, 5) is 22.5. The van der Waals surface area contributed by atoms with Crippen LogP contribution in [0.2, 0.25) is 0 Å². The molecule has 17 heavy (non-hydrogen) atoms. The Morgan fingerprint density at radius 1 is 1.59 bits per heavy atom. The topological polar surface area (TPSA) is 93.3 Å². The van der Waals surface area contributed by atoms with E-state index in [0.29, 0.717) is 0 Å². The Labute approximate surface area is 91.9 Å². The van der Waals surface area contributed by atoms with Crippen molar-refractivity contribution in [3.63, 3.8) is 0 Å². The maximum atomic E-state index is 13.3. The number of hydrogen-bond acceptors (Lipinski definition) is 4. The van der Waals surface area contributed by atoms with Gasteiger partial charge in [0.15, 0.2) is 0 Å². The summed E-state index contributed by atoms with van der Waals surface area (Å²) >= 11 is 0. The van der Waals surface area contributed by atoms with Crippen LogP contribution >= 0.6 is 0 Å². The van der Waals surface area contributed by atoms with Crippen LogP contribution in [-0.2, 0) is 11.2 Å². The number of carboxylic acid groups (broad SMARTS) is 1. The maximum Gasteiger partial charge on any atom is 0.309 e. The molecule has 0 saturated carbocycles. The van der Waals surface area contributed by atoms with Crippen molar-refractivity contribution in [2.24, 2.45) is 0 Å². The molecule has 0 aliphatic rings. The van der Waals surface area contributed by atoms with E-state index in [1.165, 1.54) is 0 Å². The highest BCUT2D eigenvalue weighted by molar-refractivity contribution is 5.70. The number of nitro groups is 1. The van der Waals surface area contributed by atoms with Crippen LogP contribution in [0.4, 0.5) is 18.9 Å². The van der Waals surface area contributed by atoms with Gasteiger partial charge >= 0.3 is 11.7 Å². The first-order chi connectivity index (χ1) is 7.82. The van der Waals surface area contributed by atoms with Crippen LogP contribution in [0.5, 0.6) is 0 Å². The first-order valence-electron chi connectivity index (χ1n) is 4.16. The van der Waals surface area contributed by atoms with Crippen molar-refractivity contribution in [1.29, 1.82) is 0 Å². The molecule has 1 heterocycles. The van der Waals surface area contributed by atoms with Crippen molar-refractivity contribution in [3.8, 4) is 0 Å². The van der Waals surface area contributed by atoms with Crippen molar-refractivity contribution >= 4 is 11.7 Å². The fraction of sp³-hybridized carbons (Fsp3) is 0.250. The van der Waals surface area contributed by atoms with Crippen LogP contribution in [-0.4, -0.2) is 21.0 Å². The second-order valence-corrected chi connectivity index (χ2v) is 2.96. The SMILES string of the molecule is O=C(O)Cc1nc(C(F)F)cc([N+](=O)[O-])c1F. The van der Waals surface area contributed by atoms with Crippen LogP contribution in [0.1, 0.15) is 17.8 Å². The first kappa shape index (κ1) is 12.9. The van der Waals surface area contributed by atoms with Gasteiger partial charge in [0.05, 0.1) is 17.0 Å². The van der Waals surface area contributed by atoms with E-state index in [4.69, 9.17) is 5.11 Å². The van der Waals surface area contributed by atoms with Gasteiger partial charge in [0.1, 0.15) is 5.69 Å². The van der Waals surface area contributed by atoms with E-state index < -0.39 is 46.6 Å². The lowest BCUT2D eigenvalue weighted by atomic mass is 10.2. The summed E-state index contributed by atoms with van der Waals surface area (Å²) in [5.74, 6) is -3.04. The van der Waals surface area contributed by atoms with Crippen LogP contribution in [0.25, 0.3) is 0 Å². The van der Waals surface area contributed by atoms with Crippen molar-refractivity contribution in [2.75, 3.05) is 0 Å². The number of rotatable bonds is 4. The lowest BCUT2D eigenvalue weighted by molar-refractivity contribution is -0.387. The molecule has 1 rings (SSSR count). The number of halogens is 3. The summed E-state index contributed by atoms with van der Waals surface area (Å²) in [6, 6.07) is 0.283. The third-order valence-electron chi connectivity index (χ3n) is 1.77. The van der Waals surface area contributed by atoms with Crippen LogP contribution in [0, 0.1) is 15.9 Å². The molecular weight excluding hydrogens is 245 g/mol. The van der Waals surface area contributed by atoms with E-state index in [0.717, 1.165) is 0 Å². The van der Waals surface area contributed by atoms with Gasteiger partial charge in [-0.25, -0.2) is 13.8 Å². The Hall–Kier alpha value is -2.19. The molecule has 0 radical (unpaired) electrons. The number of carbonyl (C=O) groups is 1. The van der Waals surface area contributed by atoms with Crippen LogP contribution < -0.4 is 0 Å². The molecule has 9 heteroatoms. The van der Waals surface area contributed by atoms with Gasteiger partial charge in [-0.05, 0) is 0 Å². The smallest absolute Gasteiger partial charge is 0.309 e. The second kappa shape index (κ2) is 4.76. The summed E-state index contributed by atoms with van der Waals surface area (Å²) in [5, 5.41) is 18.8. The Bertz CT molecular complexity index is 478. The number of nitrogens with zero attached hydrogens (tertiary/aromatic N) is 2. The fourth-order valence-electron chi connectivity index (χ4n) is 1.09. The average molecular weight is 250 g/mol. The van der Waals surface area contributed by atoms with Gasteiger partial charge in [-0.2, -0.15) is 4.39 Å². The first-order valence-corrected chi connectivity index (χ1v) is 4.16. The highest BCUT2D eigenvalue weighted by Gasteiger charge is 2.25. The average Bonchev–Trinajstić information content (AvgIpc) is 2.19. The normalized spacial score (nSPS) is 10.6. The molecule has 0 unspecified atom stereocenters. The number of aliphatic carboxylic acids is 1. The van der Waals surface area contributed by atoms with E-state index in [1.807, 2.05) is 0 Å². The van der Waals surface area contributed by atoms with Gasteiger partial charge in [-0.15, -0.1) is 0 Å². The Morgan fingerprint density at radius 2 is 2.18 bits per heavy atom. The third-order valence-corrected chi connectivity index (χ3v) is 1.77. The lowest BCUT2D eigenvalue weighted by Gasteiger charge is -2.04. The number of hydrogen-bond donors (Lipinski definition) is 1.